The zero-order valence-corrected chi connectivity index (χ0v) is 14.6. The number of benzene rings is 1. The van der Waals surface area contributed by atoms with Gasteiger partial charge in [-0.2, -0.15) is 0 Å². The zero-order valence-electron chi connectivity index (χ0n) is 14.6. The first-order chi connectivity index (χ1) is 12.2. The summed E-state index contributed by atoms with van der Waals surface area (Å²) in [5.74, 6) is 0.659. The number of rotatable bonds is 7. The molecule has 2 heterocycles. The lowest BCUT2D eigenvalue weighted by Gasteiger charge is -2.26. The van der Waals surface area contributed by atoms with Crippen LogP contribution in [0.25, 0.3) is 10.9 Å². The number of para-hydroxylation sites is 1. The van der Waals surface area contributed by atoms with Crippen molar-refractivity contribution in [2.75, 3.05) is 44.7 Å². The van der Waals surface area contributed by atoms with E-state index in [4.69, 9.17) is 4.74 Å². The van der Waals surface area contributed by atoms with Crippen molar-refractivity contribution in [1.29, 1.82) is 0 Å². The Balaban J connectivity index is 1.45. The Labute approximate surface area is 147 Å². The van der Waals surface area contributed by atoms with Crippen LogP contribution in [0.15, 0.2) is 30.6 Å². The van der Waals surface area contributed by atoms with Crippen LogP contribution in [0.5, 0.6) is 0 Å². The van der Waals surface area contributed by atoms with Crippen molar-refractivity contribution in [2.24, 2.45) is 0 Å². The average molecular weight is 343 g/mol. The minimum absolute atomic E-state index is 0.0235. The van der Waals surface area contributed by atoms with E-state index in [2.05, 4.69) is 25.5 Å². The molecule has 1 amide bonds. The van der Waals surface area contributed by atoms with Gasteiger partial charge in [0.25, 0.3) is 0 Å². The van der Waals surface area contributed by atoms with Gasteiger partial charge in [0.15, 0.2) is 0 Å². The Morgan fingerprint density at radius 1 is 1.28 bits per heavy atom. The summed E-state index contributed by atoms with van der Waals surface area (Å²) in [4.78, 5) is 23.1. The maximum Gasteiger partial charge on any atom is 0.242 e. The molecule has 0 aliphatic carbocycles. The number of carbonyl (C=O) groups excluding carboxylic acids is 1. The van der Waals surface area contributed by atoms with Gasteiger partial charge >= 0.3 is 0 Å². The van der Waals surface area contributed by atoms with Crippen LogP contribution in [0.2, 0.25) is 0 Å². The number of nitrogens with one attached hydrogen (secondary N) is 2. The number of morpholine rings is 1. The van der Waals surface area contributed by atoms with E-state index < -0.39 is 0 Å². The Kier molecular flexibility index (Phi) is 6.14. The molecule has 3 rings (SSSR count). The van der Waals surface area contributed by atoms with Crippen LogP contribution >= 0.6 is 0 Å². The summed E-state index contributed by atoms with van der Waals surface area (Å²) < 4.78 is 5.33. The molecule has 134 valence electrons. The number of nitrogens with zero attached hydrogens (tertiary/aromatic N) is 3. The SMILES string of the molecule is CC(Nc1ncnc2ccccc12)C(=O)NCCCN1CCOCC1. The van der Waals surface area contributed by atoms with Crippen LogP contribution in [-0.4, -0.2) is 66.2 Å². The summed E-state index contributed by atoms with van der Waals surface area (Å²) in [5, 5.41) is 7.09. The van der Waals surface area contributed by atoms with Gasteiger partial charge in [-0.25, -0.2) is 9.97 Å². The van der Waals surface area contributed by atoms with Crippen molar-refractivity contribution in [3.8, 4) is 0 Å². The molecular formula is C18H25N5O2. The van der Waals surface area contributed by atoms with Crippen molar-refractivity contribution < 1.29 is 9.53 Å². The van der Waals surface area contributed by atoms with Gasteiger partial charge in [0, 0.05) is 25.0 Å². The quantitative estimate of drug-likeness (QED) is 0.737. The monoisotopic (exact) mass is 343 g/mol. The summed E-state index contributed by atoms with van der Waals surface area (Å²) >= 11 is 0. The molecule has 1 aliphatic heterocycles. The molecule has 0 saturated carbocycles. The number of ether oxygens (including phenoxy) is 1. The van der Waals surface area contributed by atoms with Crippen molar-refractivity contribution in [3.05, 3.63) is 30.6 Å². The molecule has 1 saturated heterocycles. The highest BCUT2D eigenvalue weighted by atomic mass is 16.5. The summed E-state index contributed by atoms with van der Waals surface area (Å²) in [6, 6.07) is 7.39. The second kappa shape index (κ2) is 8.73. The summed E-state index contributed by atoms with van der Waals surface area (Å²) in [7, 11) is 0. The number of aromatic nitrogens is 2. The second-order valence-electron chi connectivity index (χ2n) is 6.20. The Hall–Kier alpha value is -2.25. The first-order valence-corrected chi connectivity index (χ1v) is 8.78. The molecule has 1 aromatic heterocycles. The first kappa shape index (κ1) is 17.6. The molecule has 0 bridgehead atoms. The van der Waals surface area contributed by atoms with Crippen LogP contribution in [0, 0.1) is 0 Å². The van der Waals surface area contributed by atoms with Crippen LogP contribution in [0.3, 0.4) is 0 Å². The number of amides is 1. The lowest BCUT2D eigenvalue weighted by molar-refractivity contribution is -0.121. The third-order valence-electron chi connectivity index (χ3n) is 4.34. The first-order valence-electron chi connectivity index (χ1n) is 8.78. The van der Waals surface area contributed by atoms with E-state index in [1.807, 2.05) is 31.2 Å². The van der Waals surface area contributed by atoms with Gasteiger partial charge in [0.05, 0.1) is 18.7 Å². The smallest absolute Gasteiger partial charge is 0.242 e. The normalized spacial score (nSPS) is 16.5. The predicted octanol–water partition coefficient (Wildman–Crippen LogP) is 1.27. The highest BCUT2D eigenvalue weighted by Gasteiger charge is 2.15. The third-order valence-corrected chi connectivity index (χ3v) is 4.34. The van der Waals surface area contributed by atoms with Crippen molar-refractivity contribution in [1.82, 2.24) is 20.2 Å². The number of hydrogen-bond acceptors (Lipinski definition) is 6. The lowest BCUT2D eigenvalue weighted by atomic mass is 10.2. The summed E-state index contributed by atoms with van der Waals surface area (Å²) in [6.07, 6.45) is 2.45. The molecule has 7 nitrogen and oxygen atoms in total. The predicted molar refractivity (Wildman–Crippen MR) is 97.5 cm³/mol. The van der Waals surface area contributed by atoms with Crippen LogP contribution in [-0.2, 0) is 9.53 Å². The summed E-state index contributed by atoms with van der Waals surface area (Å²) in [5.41, 5.74) is 0.859. The molecule has 0 spiro atoms. The van der Waals surface area contributed by atoms with Gasteiger partial charge in [-0.05, 0) is 32.0 Å². The Morgan fingerprint density at radius 3 is 2.92 bits per heavy atom. The minimum atomic E-state index is -0.360. The number of anilines is 1. The van der Waals surface area contributed by atoms with E-state index in [9.17, 15) is 4.79 Å². The minimum Gasteiger partial charge on any atom is -0.379 e. The number of fused-ring (bicyclic) bond motifs is 1. The maximum absolute atomic E-state index is 12.3. The molecule has 25 heavy (non-hydrogen) atoms. The van der Waals surface area contributed by atoms with Gasteiger partial charge < -0.3 is 15.4 Å². The highest BCUT2D eigenvalue weighted by Crippen LogP contribution is 2.18. The van der Waals surface area contributed by atoms with Gasteiger partial charge in [-0.3, -0.25) is 9.69 Å². The number of carbonyl (C=O) groups is 1. The third kappa shape index (κ3) is 4.87. The molecular weight excluding hydrogens is 318 g/mol. The van der Waals surface area contributed by atoms with E-state index in [1.165, 1.54) is 6.33 Å². The molecule has 2 N–H and O–H groups in total. The van der Waals surface area contributed by atoms with E-state index in [0.29, 0.717) is 12.4 Å². The van der Waals surface area contributed by atoms with E-state index in [-0.39, 0.29) is 11.9 Å². The fourth-order valence-corrected chi connectivity index (χ4v) is 2.88. The molecule has 1 aromatic carbocycles. The van der Waals surface area contributed by atoms with Gasteiger partial charge in [-0.15, -0.1) is 0 Å². The largest absolute Gasteiger partial charge is 0.379 e. The Bertz CT molecular complexity index is 697. The van der Waals surface area contributed by atoms with Crippen LogP contribution < -0.4 is 10.6 Å². The van der Waals surface area contributed by atoms with Crippen molar-refractivity contribution in [2.45, 2.75) is 19.4 Å². The van der Waals surface area contributed by atoms with Crippen molar-refractivity contribution >= 4 is 22.6 Å². The molecule has 1 aliphatic rings. The molecule has 1 unspecified atom stereocenters. The number of hydrogen-bond donors (Lipinski definition) is 2. The average Bonchev–Trinajstić information content (AvgIpc) is 2.66. The van der Waals surface area contributed by atoms with Gasteiger partial charge in [0.1, 0.15) is 18.2 Å². The van der Waals surface area contributed by atoms with E-state index in [0.717, 1.165) is 50.2 Å². The second-order valence-corrected chi connectivity index (χ2v) is 6.20. The van der Waals surface area contributed by atoms with E-state index in [1.54, 1.807) is 0 Å². The zero-order chi connectivity index (χ0) is 17.5. The van der Waals surface area contributed by atoms with Crippen LogP contribution in [0.1, 0.15) is 13.3 Å². The summed E-state index contributed by atoms with van der Waals surface area (Å²) in [6.45, 7) is 7.07. The molecule has 1 fully saturated rings. The molecule has 7 heteroatoms. The highest BCUT2D eigenvalue weighted by molar-refractivity contribution is 5.91. The van der Waals surface area contributed by atoms with Crippen LogP contribution in [0.4, 0.5) is 5.82 Å². The standard InChI is InChI=1S/C18H25N5O2/c1-14(18(24)19-7-4-8-23-9-11-25-12-10-23)22-17-15-5-2-3-6-16(15)20-13-21-17/h2-3,5-6,13-14H,4,7-12H2,1H3,(H,19,24)(H,20,21,22). The lowest BCUT2D eigenvalue weighted by Crippen LogP contribution is -2.40. The topological polar surface area (TPSA) is 79.4 Å². The fourth-order valence-electron chi connectivity index (χ4n) is 2.88. The molecule has 0 radical (unpaired) electrons. The van der Waals surface area contributed by atoms with E-state index >= 15 is 0 Å². The molecule has 2 aromatic rings. The maximum atomic E-state index is 12.3. The Morgan fingerprint density at radius 2 is 2.08 bits per heavy atom. The van der Waals surface area contributed by atoms with Crippen molar-refractivity contribution in [3.63, 3.8) is 0 Å². The fraction of sp³-hybridized carbons (Fsp3) is 0.500. The van der Waals surface area contributed by atoms with Gasteiger partial charge in [0.2, 0.25) is 5.91 Å². The molecule has 1 atom stereocenters. The van der Waals surface area contributed by atoms with Gasteiger partial charge in [-0.1, -0.05) is 12.1 Å².